The van der Waals surface area contributed by atoms with Crippen molar-refractivity contribution in [1.29, 1.82) is 0 Å². The van der Waals surface area contributed by atoms with E-state index in [0.717, 1.165) is 55.6 Å². The SMILES string of the molecule is O=C(CN1CCC(NC(=O)c2ccccc2)CC1)N[C@H]1CCc2cc(F)ccc2[C@H]1Cc1ccccn1. The van der Waals surface area contributed by atoms with Crippen LogP contribution in [0.5, 0.6) is 0 Å². The quantitative estimate of drug-likeness (QED) is 0.517. The molecule has 7 heteroatoms. The Labute approximate surface area is 217 Å². The largest absolute Gasteiger partial charge is 0.352 e. The molecule has 0 spiro atoms. The molecule has 2 heterocycles. The Morgan fingerprint density at radius 3 is 2.49 bits per heavy atom. The predicted molar refractivity (Wildman–Crippen MR) is 141 cm³/mol. The van der Waals surface area contributed by atoms with E-state index in [2.05, 4.69) is 20.5 Å². The lowest BCUT2D eigenvalue weighted by molar-refractivity contribution is -0.123. The van der Waals surface area contributed by atoms with Crippen molar-refractivity contribution >= 4 is 11.8 Å². The van der Waals surface area contributed by atoms with E-state index < -0.39 is 0 Å². The summed E-state index contributed by atoms with van der Waals surface area (Å²) in [6.07, 6.45) is 5.61. The molecule has 3 aromatic rings. The fraction of sp³-hybridized carbons (Fsp3) is 0.367. The van der Waals surface area contributed by atoms with Gasteiger partial charge in [-0.15, -0.1) is 0 Å². The molecule has 1 aliphatic carbocycles. The normalized spacial score (nSPS) is 20.1. The van der Waals surface area contributed by atoms with Crippen LogP contribution in [0.4, 0.5) is 4.39 Å². The first-order chi connectivity index (χ1) is 18.0. The number of amides is 2. The maximum atomic E-state index is 13.9. The van der Waals surface area contributed by atoms with Gasteiger partial charge in [0.25, 0.3) is 5.91 Å². The molecule has 0 radical (unpaired) electrons. The maximum absolute atomic E-state index is 13.9. The van der Waals surface area contributed by atoms with Gasteiger partial charge in [0.2, 0.25) is 5.91 Å². The Kier molecular flexibility index (Phi) is 7.90. The van der Waals surface area contributed by atoms with Gasteiger partial charge in [-0.1, -0.05) is 30.3 Å². The number of pyridine rings is 1. The molecular formula is C30H33FN4O2. The first-order valence-corrected chi connectivity index (χ1v) is 13.1. The number of halogens is 1. The third-order valence-electron chi connectivity index (χ3n) is 7.54. The average molecular weight is 501 g/mol. The second-order valence-corrected chi connectivity index (χ2v) is 10.1. The first kappa shape index (κ1) is 25.1. The topological polar surface area (TPSA) is 74.3 Å². The number of nitrogens with zero attached hydrogens (tertiary/aromatic N) is 2. The molecule has 1 aliphatic heterocycles. The molecule has 6 nitrogen and oxygen atoms in total. The summed E-state index contributed by atoms with van der Waals surface area (Å²) < 4.78 is 13.9. The number of carbonyl (C=O) groups is 2. The van der Waals surface area contributed by atoms with Gasteiger partial charge in [-0.05, 0) is 79.6 Å². The van der Waals surface area contributed by atoms with E-state index in [0.29, 0.717) is 18.5 Å². The van der Waals surface area contributed by atoms with Crippen LogP contribution in [0.25, 0.3) is 0 Å². The lowest BCUT2D eigenvalue weighted by atomic mass is 9.76. The molecule has 2 atom stereocenters. The van der Waals surface area contributed by atoms with E-state index in [1.165, 1.54) is 6.07 Å². The van der Waals surface area contributed by atoms with E-state index >= 15 is 0 Å². The number of likely N-dealkylation sites (tertiary alicyclic amines) is 1. The molecule has 2 amide bonds. The Balaban J connectivity index is 1.16. The van der Waals surface area contributed by atoms with Gasteiger partial charge < -0.3 is 10.6 Å². The van der Waals surface area contributed by atoms with Crippen LogP contribution >= 0.6 is 0 Å². The van der Waals surface area contributed by atoms with E-state index in [9.17, 15) is 14.0 Å². The van der Waals surface area contributed by atoms with Gasteiger partial charge in [0.05, 0.1) is 6.54 Å². The molecule has 1 saturated heterocycles. The zero-order valence-electron chi connectivity index (χ0n) is 20.9. The van der Waals surface area contributed by atoms with Gasteiger partial charge in [-0.2, -0.15) is 0 Å². The Morgan fingerprint density at radius 1 is 0.946 bits per heavy atom. The number of hydrogen-bond donors (Lipinski definition) is 2. The minimum atomic E-state index is -0.221. The highest BCUT2D eigenvalue weighted by Gasteiger charge is 2.32. The van der Waals surface area contributed by atoms with Crippen molar-refractivity contribution in [2.24, 2.45) is 0 Å². The molecule has 2 N–H and O–H groups in total. The summed E-state index contributed by atoms with van der Waals surface area (Å²) in [5, 5.41) is 6.40. The molecule has 192 valence electrons. The third kappa shape index (κ3) is 6.41. The van der Waals surface area contributed by atoms with Gasteiger partial charge >= 0.3 is 0 Å². The number of benzene rings is 2. The van der Waals surface area contributed by atoms with Crippen molar-refractivity contribution in [3.05, 3.63) is 101 Å². The van der Waals surface area contributed by atoms with Crippen molar-refractivity contribution < 1.29 is 14.0 Å². The van der Waals surface area contributed by atoms with Crippen LogP contribution in [0, 0.1) is 5.82 Å². The standard InChI is InChI=1S/C30H33FN4O2/c31-23-10-11-26-22(18-23)9-12-28(27(26)19-25-8-4-5-15-32-25)34-29(36)20-35-16-13-24(14-17-35)33-30(37)21-6-2-1-3-7-21/h1-8,10-11,15,18,24,27-28H,9,12-14,16-17,19-20H2,(H,33,37)(H,34,36)/t27-,28+/m1/s1. The number of carbonyl (C=O) groups excluding carboxylic acids is 2. The fourth-order valence-electron chi connectivity index (χ4n) is 5.60. The van der Waals surface area contributed by atoms with Crippen molar-refractivity contribution in [3.63, 3.8) is 0 Å². The third-order valence-corrected chi connectivity index (χ3v) is 7.54. The highest BCUT2D eigenvalue weighted by Crippen LogP contribution is 2.34. The van der Waals surface area contributed by atoms with Crippen LogP contribution in [0.15, 0.2) is 72.9 Å². The van der Waals surface area contributed by atoms with Crippen molar-refractivity contribution in [1.82, 2.24) is 20.5 Å². The average Bonchev–Trinajstić information content (AvgIpc) is 2.92. The van der Waals surface area contributed by atoms with Gasteiger partial charge in [0.15, 0.2) is 0 Å². The minimum absolute atomic E-state index is 0.00773. The molecule has 1 fully saturated rings. The number of aromatic nitrogens is 1. The number of rotatable bonds is 7. The van der Waals surface area contributed by atoms with Crippen LogP contribution < -0.4 is 10.6 Å². The summed E-state index contributed by atoms with van der Waals surface area (Å²) in [7, 11) is 0. The number of hydrogen-bond acceptors (Lipinski definition) is 4. The number of aryl methyl sites for hydroxylation is 1. The van der Waals surface area contributed by atoms with Gasteiger partial charge in [0, 0.05) is 48.5 Å². The molecule has 0 bridgehead atoms. The Bertz CT molecular complexity index is 1210. The summed E-state index contributed by atoms with van der Waals surface area (Å²) in [5.41, 5.74) is 3.74. The van der Waals surface area contributed by atoms with Crippen LogP contribution in [0.2, 0.25) is 0 Å². The molecular weight excluding hydrogens is 467 g/mol. The Hall–Kier alpha value is -3.58. The lowest BCUT2D eigenvalue weighted by Gasteiger charge is -2.36. The minimum Gasteiger partial charge on any atom is -0.352 e. The van der Waals surface area contributed by atoms with Gasteiger partial charge in [0.1, 0.15) is 5.82 Å². The van der Waals surface area contributed by atoms with Crippen LogP contribution in [0.3, 0.4) is 0 Å². The maximum Gasteiger partial charge on any atom is 0.251 e. The van der Waals surface area contributed by atoms with E-state index in [-0.39, 0.29) is 35.6 Å². The summed E-state index contributed by atoms with van der Waals surface area (Å²) >= 11 is 0. The zero-order chi connectivity index (χ0) is 25.6. The zero-order valence-corrected chi connectivity index (χ0v) is 20.9. The van der Waals surface area contributed by atoms with Crippen molar-refractivity contribution in [3.8, 4) is 0 Å². The second-order valence-electron chi connectivity index (χ2n) is 10.1. The van der Waals surface area contributed by atoms with Crippen LogP contribution in [-0.4, -0.2) is 53.4 Å². The van der Waals surface area contributed by atoms with Gasteiger partial charge in [-0.25, -0.2) is 4.39 Å². The molecule has 5 rings (SSSR count). The van der Waals surface area contributed by atoms with E-state index in [4.69, 9.17) is 0 Å². The van der Waals surface area contributed by atoms with Crippen LogP contribution in [-0.2, 0) is 17.6 Å². The molecule has 2 aliphatic rings. The molecule has 0 unspecified atom stereocenters. The number of nitrogens with one attached hydrogen (secondary N) is 2. The van der Waals surface area contributed by atoms with Crippen molar-refractivity contribution in [2.45, 2.75) is 50.1 Å². The monoisotopic (exact) mass is 500 g/mol. The number of piperidine rings is 1. The fourth-order valence-corrected chi connectivity index (χ4v) is 5.60. The summed E-state index contributed by atoms with van der Waals surface area (Å²) in [4.78, 5) is 32.2. The van der Waals surface area contributed by atoms with Crippen LogP contribution in [0.1, 0.15) is 52.4 Å². The smallest absolute Gasteiger partial charge is 0.251 e. The summed E-state index contributed by atoms with van der Waals surface area (Å²) in [5.74, 6) is -0.218. The summed E-state index contributed by atoms with van der Waals surface area (Å²) in [6, 6.07) is 20.2. The first-order valence-electron chi connectivity index (χ1n) is 13.1. The molecule has 1 aromatic heterocycles. The Morgan fingerprint density at radius 2 is 1.73 bits per heavy atom. The summed E-state index contributed by atoms with van der Waals surface area (Å²) in [6.45, 7) is 1.86. The number of fused-ring (bicyclic) bond motifs is 1. The van der Waals surface area contributed by atoms with E-state index in [1.54, 1.807) is 12.3 Å². The highest BCUT2D eigenvalue weighted by molar-refractivity contribution is 5.94. The second kappa shape index (κ2) is 11.6. The lowest BCUT2D eigenvalue weighted by Crippen LogP contribution is -2.50. The molecule has 37 heavy (non-hydrogen) atoms. The molecule has 0 saturated carbocycles. The highest BCUT2D eigenvalue weighted by atomic mass is 19.1. The predicted octanol–water partition coefficient (Wildman–Crippen LogP) is 3.87. The van der Waals surface area contributed by atoms with Gasteiger partial charge in [-0.3, -0.25) is 19.5 Å². The van der Waals surface area contributed by atoms with Crippen molar-refractivity contribution in [2.75, 3.05) is 19.6 Å². The van der Waals surface area contributed by atoms with E-state index in [1.807, 2.05) is 54.6 Å². The molecule has 2 aromatic carbocycles.